The van der Waals surface area contributed by atoms with Crippen molar-refractivity contribution in [3.63, 3.8) is 0 Å². The molecule has 1 aromatic carbocycles. The quantitative estimate of drug-likeness (QED) is 0.752. The number of anilines is 1. The number of piperidine rings is 1. The summed E-state index contributed by atoms with van der Waals surface area (Å²) in [4.78, 5) is 24.6. The molecule has 0 spiro atoms. The van der Waals surface area contributed by atoms with Gasteiger partial charge in [0.05, 0.1) is 5.92 Å². The van der Waals surface area contributed by atoms with E-state index in [0.717, 1.165) is 55.9 Å². The SMILES string of the molecule is O=C(NCCCO)[C@@H]1CCCN(c2nc(-c3ccccc3)nc3c2CCC3)C1. The van der Waals surface area contributed by atoms with Crippen LogP contribution in [-0.2, 0) is 17.6 Å². The molecule has 6 heteroatoms. The number of amides is 1. The lowest BCUT2D eigenvalue weighted by atomic mass is 9.96. The molecule has 0 saturated carbocycles. The molecule has 1 atom stereocenters. The molecule has 1 aromatic heterocycles. The van der Waals surface area contributed by atoms with Gasteiger partial charge in [-0.2, -0.15) is 0 Å². The van der Waals surface area contributed by atoms with Gasteiger partial charge in [0.15, 0.2) is 5.82 Å². The molecule has 1 aliphatic heterocycles. The molecule has 0 unspecified atom stereocenters. The molecule has 4 rings (SSSR count). The van der Waals surface area contributed by atoms with Crippen molar-refractivity contribution in [3.05, 3.63) is 41.6 Å². The Morgan fingerprint density at radius 3 is 2.86 bits per heavy atom. The molecule has 28 heavy (non-hydrogen) atoms. The predicted molar refractivity (Wildman–Crippen MR) is 109 cm³/mol. The Labute approximate surface area is 166 Å². The average molecular weight is 380 g/mol. The van der Waals surface area contributed by atoms with Gasteiger partial charge in [0, 0.05) is 43.1 Å². The highest BCUT2D eigenvalue weighted by atomic mass is 16.3. The fourth-order valence-electron chi connectivity index (χ4n) is 4.21. The van der Waals surface area contributed by atoms with Gasteiger partial charge in [0.1, 0.15) is 5.82 Å². The fourth-order valence-corrected chi connectivity index (χ4v) is 4.21. The number of carbonyl (C=O) groups excluding carboxylic acids is 1. The lowest BCUT2D eigenvalue weighted by molar-refractivity contribution is -0.125. The van der Waals surface area contributed by atoms with Crippen LogP contribution < -0.4 is 10.2 Å². The van der Waals surface area contributed by atoms with Crippen LogP contribution in [0.4, 0.5) is 5.82 Å². The Hall–Kier alpha value is -2.47. The lowest BCUT2D eigenvalue weighted by Crippen LogP contribution is -2.44. The summed E-state index contributed by atoms with van der Waals surface area (Å²) in [6.45, 7) is 2.26. The average Bonchev–Trinajstić information content (AvgIpc) is 3.22. The number of rotatable bonds is 6. The molecular formula is C22H28N4O2. The van der Waals surface area contributed by atoms with Gasteiger partial charge >= 0.3 is 0 Å². The fraction of sp³-hybridized carbons (Fsp3) is 0.500. The summed E-state index contributed by atoms with van der Waals surface area (Å²) in [6, 6.07) is 10.1. The highest BCUT2D eigenvalue weighted by molar-refractivity contribution is 5.79. The van der Waals surface area contributed by atoms with E-state index in [0.29, 0.717) is 19.5 Å². The molecule has 1 aliphatic carbocycles. The Morgan fingerprint density at radius 1 is 1.18 bits per heavy atom. The molecule has 2 aliphatic rings. The zero-order chi connectivity index (χ0) is 19.3. The van der Waals surface area contributed by atoms with Gasteiger partial charge in [0.25, 0.3) is 0 Å². The summed E-state index contributed by atoms with van der Waals surface area (Å²) < 4.78 is 0. The third-order valence-electron chi connectivity index (χ3n) is 5.67. The van der Waals surface area contributed by atoms with E-state index in [4.69, 9.17) is 15.1 Å². The molecule has 148 valence electrons. The van der Waals surface area contributed by atoms with Crippen LogP contribution in [0, 0.1) is 5.92 Å². The maximum absolute atomic E-state index is 12.5. The molecule has 1 saturated heterocycles. The van der Waals surface area contributed by atoms with Crippen LogP contribution in [0.5, 0.6) is 0 Å². The number of nitrogens with zero attached hydrogens (tertiary/aromatic N) is 3. The van der Waals surface area contributed by atoms with Gasteiger partial charge in [-0.1, -0.05) is 30.3 Å². The van der Waals surface area contributed by atoms with E-state index in [2.05, 4.69) is 10.2 Å². The van der Waals surface area contributed by atoms with Crippen LogP contribution in [0.1, 0.15) is 36.9 Å². The van der Waals surface area contributed by atoms with Crippen LogP contribution in [0.2, 0.25) is 0 Å². The standard InChI is InChI=1S/C22H28N4O2/c27-14-6-12-23-22(28)17-9-5-13-26(15-17)21-18-10-4-11-19(18)24-20(25-21)16-7-2-1-3-8-16/h1-3,7-8,17,27H,4-6,9-15H2,(H,23,28)/t17-/m1/s1. The van der Waals surface area contributed by atoms with Gasteiger partial charge in [-0.05, 0) is 38.5 Å². The molecule has 0 radical (unpaired) electrons. The van der Waals surface area contributed by atoms with E-state index in [1.165, 1.54) is 11.3 Å². The van der Waals surface area contributed by atoms with Gasteiger partial charge in [-0.3, -0.25) is 4.79 Å². The number of hydrogen-bond acceptors (Lipinski definition) is 5. The van der Waals surface area contributed by atoms with Crippen molar-refractivity contribution in [2.45, 2.75) is 38.5 Å². The molecule has 1 amide bonds. The van der Waals surface area contributed by atoms with E-state index >= 15 is 0 Å². The van der Waals surface area contributed by atoms with Gasteiger partial charge in [0.2, 0.25) is 5.91 Å². The third kappa shape index (κ3) is 4.02. The first-order valence-electron chi connectivity index (χ1n) is 10.3. The van der Waals surface area contributed by atoms with Gasteiger partial charge < -0.3 is 15.3 Å². The monoisotopic (exact) mass is 380 g/mol. The maximum atomic E-state index is 12.5. The second-order valence-corrected chi connectivity index (χ2v) is 7.67. The largest absolute Gasteiger partial charge is 0.396 e. The van der Waals surface area contributed by atoms with Crippen LogP contribution in [0.3, 0.4) is 0 Å². The Kier molecular flexibility index (Phi) is 5.86. The maximum Gasteiger partial charge on any atom is 0.224 e. The smallest absolute Gasteiger partial charge is 0.224 e. The number of benzene rings is 1. The predicted octanol–water partition coefficient (Wildman–Crippen LogP) is 2.35. The number of nitrogens with one attached hydrogen (secondary N) is 1. The highest BCUT2D eigenvalue weighted by Crippen LogP contribution is 2.33. The number of aliphatic hydroxyl groups excluding tert-OH is 1. The molecule has 0 bridgehead atoms. The minimum Gasteiger partial charge on any atom is -0.396 e. The summed E-state index contributed by atoms with van der Waals surface area (Å²) in [5, 5.41) is 11.9. The summed E-state index contributed by atoms with van der Waals surface area (Å²) in [5.41, 5.74) is 3.47. The van der Waals surface area contributed by atoms with Gasteiger partial charge in [-0.15, -0.1) is 0 Å². The zero-order valence-corrected chi connectivity index (χ0v) is 16.2. The van der Waals surface area contributed by atoms with Crippen LogP contribution >= 0.6 is 0 Å². The van der Waals surface area contributed by atoms with Gasteiger partial charge in [-0.25, -0.2) is 9.97 Å². The Balaban J connectivity index is 1.58. The molecular weight excluding hydrogens is 352 g/mol. The summed E-state index contributed by atoms with van der Waals surface area (Å²) in [5.74, 6) is 1.87. The summed E-state index contributed by atoms with van der Waals surface area (Å²) in [7, 11) is 0. The van der Waals surface area contributed by atoms with E-state index in [1.54, 1.807) is 0 Å². The summed E-state index contributed by atoms with van der Waals surface area (Å²) in [6.07, 6.45) is 5.63. The first-order chi connectivity index (χ1) is 13.8. The molecule has 6 nitrogen and oxygen atoms in total. The number of aliphatic hydroxyl groups is 1. The number of hydrogen-bond donors (Lipinski definition) is 2. The number of carbonyl (C=O) groups is 1. The molecule has 2 heterocycles. The first-order valence-corrected chi connectivity index (χ1v) is 10.3. The van der Waals surface area contributed by atoms with E-state index in [-0.39, 0.29) is 18.4 Å². The normalized spacial score (nSPS) is 18.8. The second kappa shape index (κ2) is 8.69. The molecule has 2 aromatic rings. The molecule has 2 N–H and O–H groups in total. The Bertz CT molecular complexity index is 825. The highest BCUT2D eigenvalue weighted by Gasteiger charge is 2.30. The van der Waals surface area contributed by atoms with Crippen LogP contribution in [-0.4, -0.2) is 47.2 Å². The van der Waals surface area contributed by atoms with E-state index in [9.17, 15) is 4.79 Å². The zero-order valence-electron chi connectivity index (χ0n) is 16.2. The van der Waals surface area contributed by atoms with Crippen molar-refractivity contribution >= 4 is 11.7 Å². The van der Waals surface area contributed by atoms with E-state index < -0.39 is 0 Å². The van der Waals surface area contributed by atoms with Crippen molar-refractivity contribution < 1.29 is 9.90 Å². The summed E-state index contributed by atoms with van der Waals surface area (Å²) >= 11 is 0. The van der Waals surface area contributed by atoms with Crippen molar-refractivity contribution in [2.24, 2.45) is 5.92 Å². The Morgan fingerprint density at radius 2 is 2.04 bits per heavy atom. The van der Waals surface area contributed by atoms with Crippen LogP contribution in [0.15, 0.2) is 30.3 Å². The number of fused-ring (bicyclic) bond motifs is 1. The van der Waals surface area contributed by atoms with Crippen molar-refractivity contribution in [2.75, 3.05) is 31.1 Å². The number of aromatic nitrogens is 2. The van der Waals surface area contributed by atoms with E-state index in [1.807, 2.05) is 30.3 Å². The first kappa shape index (κ1) is 18.9. The minimum absolute atomic E-state index is 0.0281. The lowest BCUT2D eigenvalue weighted by Gasteiger charge is -2.34. The second-order valence-electron chi connectivity index (χ2n) is 7.67. The van der Waals surface area contributed by atoms with Crippen molar-refractivity contribution in [3.8, 4) is 11.4 Å². The minimum atomic E-state index is -0.0281. The van der Waals surface area contributed by atoms with Crippen molar-refractivity contribution in [1.29, 1.82) is 0 Å². The number of aryl methyl sites for hydroxylation is 1. The molecule has 1 fully saturated rings. The van der Waals surface area contributed by atoms with Crippen molar-refractivity contribution in [1.82, 2.24) is 15.3 Å². The van der Waals surface area contributed by atoms with Crippen LogP contribution in [0.25, 0.3) is 11.4 Å². The third-order valence-corrected chi connectivity index (χ3v) is 5.67. The topological polar surface area (TPSA) is 78.4 Å².